The van der Waals surface area contributed by atoms with Gasteiger partial charge in [-0.15, -0.1) is 5.10 Å². The highest BCUT2D eigenvalue weighted by molar-refractivity contribution is 5.91. The number of ether oxygens (including phenoxy) is 1. The van der Waals surface area contributed by atoms with Gasteiger partial charge in [0, 0.05) is 0 Å². The lowest BCUT2D eigenvalue weighted by Crippen LogP contribution is -2.30. The minimum absolute atomic E-state index is 0.179. The Morgan fingerprint density at radius 3 is 2.90 bits per heavy atom. The van der Waals surface area contributed by atoms with Crippen molar-refractivity contribution < 1.29 is 9.53 Å². The molecule has 0 aliphatic rings. The SMILES string of the molecule is Cc1ccc(OCCn2cc(C(=O)NN)nn2)cc1C. The van der Waals surface area contributed by atoms with Crippen LogP contribution in [0.2, 0.25) is 0 Å². The molecule has 0 spiro atoms. The minimum atomic E-state index is -0.466. The first-order chi connectivity index (χ1) is 9.60. The van der Waals surface area contributed by atoms with Crippen LogP contribution in [-0.4, -0.2) is 27.5 Å². The minimum Gasteiger partial charge on any atom is -0.492 e. The van der Waals surface area contributed by atoms with Gasteiger partial charge in [-0.1, -0.05) is 11.3 Å². The highest BCUT2D eigenvalue weighted by Gasteiger charge is 2.08. The van der Waals surface area contributed by atoms with Crippen molar-refractivity contribution in [3.05, 3.63) is 41.2 Å². The maximum Gasteiger partial charge on any atom is 0.287 e. The van der Waals surface area contributed by atoms with E-state index in [1.807, 2.05) is 30.5 Å². The monoisotopic (exact) mass is 275 g/mol. The molecule has 7 nitrogen and oxygen atoms in total. The van der Waals surface area contributed by atoms with Crippen LogP contribution in [-0.2, 0) is 6.54 Å². The van der Waals surface area contributed by atoms with E-state index in [0.717, 1.165) is 5.75 Å². The Balaban J connectivity index is 1.88. The van der Waals surface area contributed by atoms with Gasteiger partial charge in [-0.2, -0.15) is 0 Å². The van der Waals surface area contributed by atoms with E-state index < -0.39 is 5.91 Å². The van der Waals surface area contributed by atoms with E-state index in [2.05, 4.69) is 17.2 Å². The molecule has 0 saturated heterocycles. The maximum atomic E-state index is 11.2. The summed E-state index contributed by atoms with van der Waals surface area (Å²) in [5.74, 6) is 5.36. The van der Waals surface area contributed by atoms with Crippen LogP contribution in [0.15, 0.2) is 24.4 Å². The van der Waals surface area contributed by atoms with Gasteiger partial charge in [-0.05, 0) is 37.1 Å². The molecule has 2 aromatic rings. The van der Waals surface area contributed by atoms with E-state index in [9.17, 15) is 4.79 Å². The topological polar surface area (TPSA) is 95.1 Å². The lowest BCUT2D eigenvalue weighted by Gasteiger charge is -2.08. The Bertz CT molecular complexity index is 609. The molecule has 1 aromatic heterocycles. The van der Waals surface area contributed by atoms with Crippen LogP contribution in [0, 0.1) is 13.8 Å². The van der Waals surface area contributed by atoms with E-state index >= 15 is 0 Å². The van der Waals surface area contributed by atoms with Crippen molar-refractivity contribution in [2.45, 2.75) is 20.4 Å². The number of nitrogens with one attached hydrogen (secondary N) is 1. The molecule has 20 heavy (non-hydrogen) atoms. The van der Waals surface area contributed by atoms with Crippen LogP contribution in [0.1, 0.15) is 21.6 Å². The first-order valence-corrected chi connectivity index (χ1v) is 6.21. The number of aromatic nitrogens is 3. The molecule has 0 saturated carbocycles. The number of hydrogen-bond acceptors (Lipinski definition) is 5. The lowest BCUT2D eigenvalue weighted by molar-refractivity contribution is 0.0948. The summed E-state index contributed by atoms with van der Waals surface area (Å²) in [4.78, 5) is 11.2. The van der Waals surface area contributed by atoms with Gasteiger partial charge in [0.05, 0.1) is 12.7 Å². The molecule has 1 heterocycles. The van der Waals surface area contributed by atoms with Gasteiger partial charge in [0.2, 0.25) is 0 Å². The summed E-state index contributed by atoms with van der Waals surface area (Å²) < 4.78 is 7.16. The second-order valence-electron chi connectivity index (χ2n) is 4.43. The predicted molar refractivity (Wildman–Crippen MR) is 73.1 cm³/mol. The molecule has 0 unspecified atom stereocenters. The van der Waals surface area contributed by atoms with E-state index in [1.54, 1.807) is 0 Å². The summed E-state index contributed by atoms with van der Waals surface area (Å²) in [6, 6.07) is 5.94. The maximum absolute atomic E-state index is 11.2. The number of amides is 1. The number of nitrogens with zero attached hydrogens (tertiary/aromatic N) is 3. The summed E-state index contributed by atoms with van der Waals surface area (Å²) in [6.07, 6.45) is 1.52. The van der Waals surface area contributed by atoms with Gasteiger partial charge in [0.25, 0.3) is 5.91 Å². The summed E-state index contributed by atoms with van der Waals surface area (Å²) in [5.41, 5.74) is 4.59. The molecular weight excluding hydrogens is 258 g/mol. The van der Waals surface area contributed by atoms with Crippen LogP contribution < -0.4 is 16.0 Å². The van der Waals surface area contributed by atoms with Gasteiger partial charge in [0.15, 0.2) is 5.69 Å². The highest BCUT2D eigenvalue weighted by atomic mass is 16.5. The fraction of sp³-hybridized carbons (Fsp3) is 0.308. The van der Waals surface area contributed by atoms with E-state index in [-0.39, 0.29) is 5.69 Å². The molecular formula is C13H17N5O2. The van der Waals surface area contributed by atoms with Crippen molar-refractivity contribution in [2.24, 2.45) is 5.84 Å². The third kappa shape index (κ3) is 3.33. The molecule has 0 atom stereocenters. The zero-order valence-electron chi connectivity index (χ0n) is 11.5. The van der Waals surface area contributed by atoms with Crippen molar-refractivity contribution >= 4 is 5.91 Å². The third-order valence-electron chi connectivity index (χ3n) is 2.97. The summed E-state index contributed by atoms with van der Waals surface area (Å²) in [5, 5.41) is 7.52. The van der Waals surface area contributed by atoms with Crippen LogP contribution in [0.25, 0.3) is 0 Å². The second-order valence-corrected chi connectivity index (χ2v) is 4.43. The van der Waals surface area contributed by atoms with Crippen molar-refractivity contribution in [3.8, 4) is 5.75 Å². The lowest BCUT2D eigenvalue weighted by atomic mass is 10.1. The fourth-order valence-electron chi connectivity index (χ4n) is 1.65. The van der Waals surface area contributed by atoms with Crippen LogP contribution >= 0.6 is 0 Å². The number of carbonyl (C=O) groups is 1. The van der Waals surface area contributed by atoms with Crippen LogP contribution in [0.5, 0.6) is 5.75 Å². The van der Waals surface area contributed by atoms with E-state index in [4.69, 9.17) is 10.6 Å². The quantitative estimate of drug-likeness (QED) is 0.473. The largest absolute Gasteiger partial charge is 0.492 e. The van der Waals surface area contributed by atoms with Crippen molar-refractivity contribution in [1.82, 2.24) is 20.4 Å². The molecule has 0 aliphatic heterocycles. The predicted octanol–water partition coefficient (Wildman–Crippen LogP) is 0.577. The van der Waals surface area contributed by atoms with Gasteiger partial charge < -0.3 is 4.74 Å². The first kappa shape index (κ1) is 14.0. The smallest absolute Gasteiger partial charge is 0.287 e. The van der Waals surface area contributed by atoms with Crippen LogP contribution in [0.3, 0.4) is 0 Å². The van der Waals surface area contributed by atoms with Crippen molar-refractivity contribution in [2.75, 3.05) is 6.61 Å². The molecule has 106 valence electrons. The number of hydrazine groups is 1. The Morgan fingerprint density at radius 1 is 1.40 bits per heavy atom. The summed E-state index contributed by atoms with van der Waals surface area (Å²) in [7, 11) is 0. The molecule has 0 bridgehead atoms. The molecule has 7 heteroatoms. The Hall–Kier alpha value is -2.41. The number of carbonyl (C=O) groups excluding carboxylic acids is 1. The number of aryl methyl sites for hydroxylation is 2. The molecule has 1 aromatic carbocycles. The Morgan fingerprint density at radius 2 is 2.20 bits per heavy atom. The van der Waals surface area contributed by atoms with Crippen molar-refractivity contribution in [1.29, 1.82) is 0 Å². The number of benzene rings is 1. The summed E-state index contributed by atoms with van der Waals surface area (Å²) in [6.45, 7) is 5.03. The number of nitrogen functional groups attached to an aromatic ring is 1. The van der Waals surface area contributed by atoms with Crippen molar-refractivity contribution in [3.63, 3.8) is 0 Å². The zero-order valence-corrected chi connectivity index (χ0v) is 11.5. The highest BCUT2D eigenvalue weighted by Crippen LogP contribution is 2.16. The van der Waals surface area contributed by atoms with Gasteiger partial charge in [-0.25, -0.2) is 10.5 Å². The molecule has 0 fully saturated rings. The van der Waals surface area contributed by atoms with E-state index in [1.165, 1.54) is 22.0 Å². The van der Waals surface area contributed by atoms with E-state index in [0.29, 0.717) is 13.2 Å². The number of nitrogens with two attached hydrogens (primary N) is 1. The first-order valence-electron chi connectivity index (χ1n) is 6.21. The standard InChI is InChI=1S/C13H17N5O2/c1-9-3-4-11(7-10(9)2)20-6-5-18-8-12(16-17-18)13(19)15-14/h3-4,7-8H,5-6,14H2,1-2H3,(H,15,19). The van der Waals surface area contributed by atoms with Crippen LogP contribution in [0.4, 0.5) is 0 Å². The number of hydrogen-bond donors (Lipinski definition) is 2. The molecule has 0 aliphatic carbocycles. The second kappa shape index (κ2) is 6.16. The normalized spacial score (nSPS) is 10.3. The van der Waals surface area contributed by atoms with Gasteiger partial charge >= 0.3 is 0 Å². The average molecular weight is 275 g/mol. The fourth-order valence-corrected chi connectivity index (χ4v) is 1.65. The third-order valence-corrected chi connectivity index (χ3v) is 2.97. The molecule has 1 amide bonds. The molecule has 0 radical (unpaired) electrons. The zero-order chi connectivity index (χ0) is 14.5. The van der Waals surface area contributed by atoms with Gasteiger partial charge in [-0.3, -0.25) is 10.2 Å². The molecule has 3 N–H and O–H groups in total. The van der Waals surface area contributed by atoms with Gasteiger partial charge in [0.1, 0.15) is 12.4 Å². The number of rotatable bonds is 5. The molecule has 2 rings (SSSR count). The average Bonchev–Trinajstić information content (AvgIpc) is 2.91. The Kier molecular flexibility index (Phi) is 4.31. The summed E-state index contributed by atoms with van der Waals surface area (Å²) >= 11 is 0. The Labute approximate surface area is 116 Å².